The lowest BCUT2D eigenvalue weighted by Crippen LogP contribution is -2.56. The number of nitrogens with zero attached hydrogens (tertiary/aromatic N) is 1. The number of hydrogen-bond acceptors (Lipinski definition) is 3. The molecule has 0 spiro atoms. The summed E-state index contributed by atoms with van der Waals surface area (Å²) in [5, 5.41) is 21.2. The molecule has 0 bridgehead atoms. The largest absolute Gasteiger partial charge is 0.396 e. The highest BCUT2D eigenvalue weighted by atomic mass is 16.5. The summed E-state index contributed by atoms with van der Waals surface area (Å²) in [7, 11) is 0. The summed E-state index contributed by atoms with van der Waals surface area (Å²) in [6.07, 6.45) is 11.1. The van der Waals surface area contributed by atoms with Crippen molar-refractivity contribution in [2.24, 2.45) is 40.9 Å². The van der Waals surface area contributed by atoms with E-state index in [2.05, 4.69) is 18.7 Å². The topological polar surface area (TPSA) is 54.0 Å². The Morgan fingerprint density at radius 1 is 1.03 bits per heavy atom. The van der Waals surface area contributed by atoms with Crippen molar-refractivity contribution < 1.29 is 14.9 Å². The Hall–Kier alpha value is -0.630. The number of rotatable bonds is 6. The number of fused-ring (bicyclic) bond motifs is 5. The lowest BCUT2D eigenvalue weighted by molar-refractivity contribution is -0.130. The molecule has 4 aliphatic rings. The molecule has 4 fully saturated rings. The Bertz CT molecular complexity index is 657. The standard InChI is InChI=1S/C26H44NO3/c1-5-19(16-28)26(27-4)14-11-23-22-8-7-18-15-25(29,17-30-6-2)13-10-20(18)21(22)9-12-24(23,26)3/h4,18-23,28-29H,5-17H2,1-3H3/q+1/t18-,19?,20+,21-,22-,23+,24+,25-,26+/m1/s1. The van der Waals surface area contributed by atoms with E-state index in [0.29, 0.717) is 25.0 Å². The highest BCUT2D eigenvalue weighted by Gasteiger charge is 2.71. The van der Waals surface area contributed by atoms with Gasteiger partial charge in [-0.3, -0.25) is 0 Å². The van der Waals surface area contributed by atoms with Gasteiger partial charge >= 0.3 is 0 Å². The van der Waals surface area contributed by atoms with Gasteiger partial charge in [0.2, 0.25) is 0 Å². The molecule has 30 heavy (non-hydrogen) atoms. The molecule has 1 unspecified atom stereocenters. The second-order valence-electron chi connectivity index (χ2n) is 11.4. The van der Waals surface area contributed by atoms with Crippen molar-refractivity contribution in [1.29, 1.82) is 0 Å². The number of ether oxygens (including phenoxy) is 1. The molecule has 4 rings (SSSR count). The van der Waals surface area contributed by atoms with Gasteiger partial charge in [0, 0.05) is 13.0 Å². The summed E-state index contributed by atoms with van der Waals surface area (Å²) in [5.74, 6) is 3.83. The van der Waals surface area contributed by atoms with E-state index < -0.39 is 5.60 Å². The number of aliphatic hydroxyl groups is 2. The van der Waals surface area contributed by atoms with Crippen LogP contribution in [0, 0.1) is 47.5 Å². The first kappa shape index (κ1) is 22.6. The Morgan fingerprint density at radius 2 is 1.80 bits per heavy atom. The van der Waals surface area contributed by atoms with Crippen LogP contribution in [0.2, 0.25) is 0 Å². The van der Waals surface area contributed by atoms with Gasteiger partial charge in [-0.2, -0.15) is 0 Å². The summed E-state index contributed by atoms with van der Waals surface area (Å²) >= 11 is 0. The van der Waals surface area contributed by atoms with E-state index in [0.717, 1.165) is 49.9 Å². The molecule has 4 nitrogen and oxygen atoms in total. The predicted molar refractivity (Wildman–Crippen MR) is 120 cm³/mol. The Morgan fingerprint density at radius 3 is 2.47 bits per heavy atom. The lowest BCUT2D eigenvalue weighted by Gasteiger charge is -2.57. The van der Waals surface area contributed by atoms with Gasteiger partial charge in [0.15, 0.2) is 0 Å². The number of aliphatic hydroxyl groups excluding tert-OH is 1. The van der Waals surface area contributed by atoms with Gasteiger partial charge in [-0.1, -0.05) is 18.7 Å². The van der Waals surface area contributed by atoms with E-state index in [1.165, 1.54) is 32.1 Å². The van der Waals surface area contributed by atoms with Gasteiger partial charge in [0.25, 0.3) is 12.1 Å². The molecule has 0 aromatic rings. The minimum absolute atomic E-state index is 0.115. The van der Waals surface area contributed by atoms with Crippen LogP contribution >= 0.6 is 0 Å². The molecule has 0 amide bonds. The van der Waals surface area contributed by atoms with Gasteiger partial charge in [0.1, 0.15) is 0 Å². The summed E-state index contributed by atoms with van der Waals surface area (Å²) in [5.41, 5.74) is -0.750. The summed E-state index contributed by atoms with van der Waals surface area (Å²) in [6.45, 7) is 14.1. The monoisotopic (exact) mass is 418 g/mol. The fourth-order valence-electron chi connectivity index (χ4n) is 9.04. The fraction of sp³-hybridized carbons (Fsp3) is 0.962. The van der Waals surface area contributed by atoms with E-state index in [1.807, 2.05) is 6.92 Å². The Kier molecular flexibility index (Phi) is 6.30. The van der Waals surface area contributed by atoms with Crippen LogP contribution in [0.1, 0.15) is 85.0 Å². The van der Waals surface area contributed by atoms with Gasteiger partial charge < -0.3 is 14.9 Å². The highest BCUT2D eigenvalue weighted by Crippen LogP contribution is 2.68. The average molecular weight is 419 g/mol. The minimum Gasteiger partial charge on any atom is -0.396 e. The average Bonchev–Trinajstić information content (AvgIpc) is 3.06. The van der Waals surface area contributed by atoms with Crippen LogP contribution in [0.4, 0.5) is 0 Å². The van der Waals surface area contributed by atoms with Crippen molar-refractivity contribution in [2.45, 2.75) is 96.1 Å². The molecule has 0 aliphatic heterocycles. The third kappa shape index (κ3) is 3.26. The quantitative estimate of drug-likeness (QED) is 0.629. The SMILES string of the molecule is C#[N+][C@]1(C(CC)CO)CC[C@H]2[C@@H]3CC[C@@H]4C[C@@](O)(COCC)CC[C@@H]4[C@H]3CC[C@@]21C. The van der Waals surface area contributed by atoms with Crippen molar-refractivity contribution in [3.63, 3.8) is 0 Å². The third-order valence-corrected chi connectivity index (χ3v) is 10.5. The summed E-state index contributed by atoms with van der Waals surface area (Å²) < 4.78 is 5.62. The van der Waals surface area contributed by atoms with Crippen molar-refractivity contribution in [1.82, 2.24) is 0 Å². The van der Waals surface area contributed by atoms with Crippen LogP contribution < -0.4 is 0 Å². The molecule has 0 radical (unpaired) electrons. The molecule has 9 atom stereocenters. The molecule has 4 aliphatic carbocycles. The van der Waals surface area contributed by atoms with E-state index in [1.54, 1.807) is 0 Å². The van der Waals surface area contributed by atoms with Crippen LogP contribution in [0.15, 0.2) is 0 Å². The normalized spacial score (nSPS) is 48.9. The first-order chi connectivity index (χ1) is 14.4. The molecule has 2 N–H and O–H groups in total. The zero-order valence-corrected chi connectivity index (χ0v) is 19.5. The maximum absolute atomic E-state index is 11.1. The predicted octanol–water partition coefficient (Wildman–Crippen LogP) is 5.13. The molecule has 4 saturated carbocycles. The van der Waals surface area contributed by atoms with Crippen molar-refractivity contribution in [3.8, 4) is 6.57 Å². The van der Waals surface area contributed by atoms with Gasteiger partial charge in [-0.05, 0) is 94.3 Å². The Balaban J connectivity index is 1.53. The zero-order chi connectivity index (χ0) is 21.6. The summed E-state index contributed by atoms with van der Waals surface area (Å²) in [4.78, 5) is 4.58. The minimum atomic E-state index is -0.608. The molecule has 0 saturated heterocycles. The van der Waals surface area contributed by atoms with Crippen LogP contribution in [0.3, 0.4) is 0 Å². The fourth-order valence-corrected chi connectivity index (χ4v) is 9.04. The molecule has 4 heteroatoms. The van der Waals surface area contributed by atoms with Crippen molar-refractivity contribution >= 4 is 0 Å². The van der Waals surface area contributed by atoms with Gasteiger partial charge in [-0.25, -0.2) is 0 Å². The first-order valence-corrected chi connectivity index (χ1v) is 12.7. The Labute approximate surface area is 183 Å². The molecular formula is C26H44NO3+. The molecule has 0 heterocycles. The highest BCUT2D eigenvalue weighted by molar-refractivity contribution is 5.23. The van der Waals surface area contributed by atoms with E-state index in [4.69, 9.17) is 11.3 Å². The summed E-state index contributed by atoms with van der Waals surface area (Å²) in [6, 6.07) is 0. The molecular weight excluding hydrogens is 374 g/mol. The van der Waals surface area contributed by atoms with Crippen molar-refractivity contribution in [2.75, 3.05) is 19.8 Å². The first-order valence-electron chi connectivity index (χ1n) is 12.7. The third-order valence-electron chi connectivity index (χ3n) is 10.5. The maximum Gasteiger partial charge on any atom is 0.291 e. The molecule has 0 aromatic carbocycles. The molecule has 170 valence electrons. The smallest absolute Gasteiger partial charge is 0.291 e. The van der Waals surface area contributed by atoms with E-state index in [-0.39, 0.29) is 23.5 Å². The van der Waals surface area contributed by atoms with E-state index >= 15 is 0 Å². The van der Waals surface area contributed by atoms with Crippen molar-refractivity contribution in [3.05, 3.63) is 4.85 Å². The van der Waals surface area contributed by atoms with Gasteiger partial charge in [-0.15, -0.1) is 0 Å². The van der Waals surface area contributed by atoms with Crippen LogP contribution in [0.5, 0.6) is 0 Å². The second-order valence-corrected chi connectivity index (χ2v) is 11.4. The molecule has 0 aromatic heterocycles. The van der Waals surface area contributed by atoms with Crippen LogP contribution in [0.25, 0.3) is 4.85 Å². The van der Waals surface area contributed by atoms with Crippen LogP contribution in [-0.4, -0.2) is 41.2 Å². The zero-order valence-electron chi connectivity index (χ0n) is 19.5. The maximum atomic E-state index is 11.1. The lowest BCUT2D eigenvalue weighted by atomic mass is 9.47. The second kappa shape index (κ2) is 8.38. The van der Waals surface area contributed by atoms with Crippen LogP contribution in [-0.2, 0) is 4.74 Å². The van der Waals surface area contributed by atoms with E-state index in [9.17, 15) is 10.2 Å². The number of hydrogen-bond donors (Lipinski definition) is 2. The van der Waals surface area contributed by atoms with Gasteiger partial charge in [0.05, 0.1) is 30.1 Å².